The van der Waals surface area contributed by atoms with Crippen LogP contribution in [0.5, 0.6) is 0 Å². The van der Waals surface area contributed by atoms with Gasteiger partial charge in [0.2, 0.25) is 0 Å². The first kappa shape index (κ1) is 13.7. The number of aromatic amines is 1. The number of benzene rings is 3. The zero-order valence-corrected chi connectivity index (χ0v) is 14.0. The summed E-state index contributed by atoms with van der Waals surface area (Å²) in [6.45, 7) is 0. The van der Waals surface area contributed by atoms with Crippen LogP contribution in [0.15, 0.2) is 85.1 Å². The Morgan fingerprint density at radius 3 is 2.38 bits per heavy atom. The number of hydrogen-bond acceptors (Lipinski definition) is 1. The van der Waals surface area contributed by atoms with Crippen molar-refractivity contribution in [3.05, 3.63) is 85.1 Å². The molecule has 3 nitrogen and oxygen atoms in total. The van der Waals surface area contributed by atoms with Crippen molar-refractivity contribution in [2.24, 2.45) is 0 Å². The van der Waals surface area contributed by atoms with E-state index in [1.807, 2.05) is 12.3 Å². The first-order valence-electron chi connectivity index (χ1n) is 8.75. The third-order valence-corrected chi connectivity index (χ3v) is 5.18. The minimum atomic E-state index is 0.936. The molecule has 122 valence electrons. The zero-order valence-electron chi connectivity index (χ0n) is 14.0. The van der Waals surface area contributed by atoms with Gasteiger partial charge in [-0.2, -0.15) is 0 Å². The molecule has 0 radical (unpaired) electrons. The van der Waals surface area contributed by atoms with Gasteiger partial charge in [-0.25, -0.2) is 4.98 Å². The smallest absolute Gasteiger partial charge is 0.138 e. The van der Waals surface area contributed by atoms with Crippen LogP contribution >= 0.6 is 0 Å². The maximum absolute atomic E-state index is 4.47. The summed E-state index contributed by atoms with van der Waals surface area (Å²) >= 11 is 0. The summed E-state index contributed by atoms with van der Waals surface area (Å²) in [6, 6.07) is 27.8. The van der Waals surface area contributed by atoms with E-state index < -0.39 is 0 Å². The summed E-state index contributed by atoms with van der Waals surface area (Å²) in [5.41, 5.74) is 5.68. The Labute approximate surface area is 149 Å². The van der Waals surface area contributed by atoms with E-state index >= 15 is 0 Å². The molecule has 3 heterocycles. The predicted molar refractivity (Wildman–Crippen MR) is 108 cm³/mol. The Morgan fingerprint density at radius 2 is 1.46 bits per heavy atom. The van der Waals surface area contributed by atoms with Crippen molar-refractivity contribution in [1.29, 1.82) is 0 Å². The number of para-hydroxylation sites is 2. The van der Waals surface area contributed by atoms with Crippen LogP contribution in [0.2, 0.25) is 0 Å². The van der Waals surface area contributed by atoms with Crippen molar-refractivity contribution in [1.82, 2.24) is 14.5 Å². The number of fused-ring (bicyclic) bond motifs is 6. The highest BCUT2D eigenvalue weighted by molar-refractivity contribution is 6.17. The molecule has 0 saturated heterocycles. The monoisotopic (exact) mass is 333 g/mol. The SMILES string of the molecule is c1ccc(-n2c3ccccc3c3cc4[nH]c5ncccc5c4cc32)cc1. The molecule has 0 bridgehead atoms. The molecule has 26 heavy (non-hydrogen) atoms. The van der Waals surface area contributed by atoms with Crippen molar-refractivity contribution < 1.29 is 0 Å². The van der Waals surface area contributed by atoms with Crippen LogP contribution in [0, 0.1) is 0 Å². The highest BCUT2D eigenvalue weighted by Gasteiger charge is 2.14. The van der Waals surface area contributed by atoms with Crippen molar-refractivity contribution in [2.75, 3.05) is 0 Å². The lowest BCUT2D eigenvalue weighted by atomic mass is 10.1. The molecule has 6 aromatic rings. The Morgan fingerprint density at radius 1 is 0.654 bits per heavy atom. The van der Waals surface area contributed by atoms with E-state index in [-0.39, 0.29) is 0 Å². The summed E-state index contributed by atoms with van der Waals surface area (Å²) in [4.78, 5) is 7.94. The third kappa shape index (κ3) is 1.74. The van der Waals surface area contributed by atoms with E-state index in [1.165, 1.54) is 32.9 Å². The van der Waals surface area contributed by atoms with Gasteiger partial charge in [-0.15, -0.1) is 0 Å². The Kier molecular flexibility index (Phi) is 2.61. The Balaban J connectivity index is 1.86. The van der Waals surface area contributed by atoms with Crippen LogP contribution in [0.3, 0.4) is 0 Å². The molecule has 0 saturated carbocycles. The Hall–Kier alpha value is -3.59. The normalized spacial score (nSPS) is 11.8. The van der Waals surface area contributed by atoms with Gasteiger partial charge < -0.3 is 9.55 Å². The number of rotatable bonds is 1. The van der Waals surface area contributed by atoms with Crippen LogP contribution in [0.25, 0.3) is 49.4 Å². The average molecular weight is 333 g/mol. The minimum absolute atomic E-state index is 0.936. The van der Waals surface area contributed by atoms with Crippen molar-refractivity contribution in [2.45, 2.75) is 0 Å². The minimum Gasteiger partial charge on any atom is -0.339 e. The zero-order chi connectivity index (χ0) is 17.1. The molecule has 1 N–H and O–H groups in total. The number of aromatic nitrogens is 3. The maximum atomic E-state index is 4.47. The number of H-pyrrole nitrogens is 1. The van der Waals surface area contributed by atoms with E-state index in [0.717, 1.165) is 16.6 Å². The lowest BCUT2D eigenvalue weighted by Gasteiger charge is -2.07. The van der Waals surface area contributed by atoms with Crippen molar-refractivity contribution in [3.8, 4) is 5.69 Å². The summed E-state index contributed by atoms with van der Waals surface area (Å²) < 4.78 is 2.35. The lowest BCUT2D eigenvalue weighted by molar-refractivity contribution is 1.18. The van der Waals surface area contributed by atoms with Gasteiger partial charge in [0.05, 0.1) is 11.0 Å². The second kappa shape index (κ2) is 4.96. The highest BCUT2D eigenvalue weighted by atomic mass is 15.0. The van der Waals surface area contributed by atoms with Crippen molar-refractivity contribution >= 4 is 43.7 Å². The molecular weight excluding hydrogens is 318 g/mol. The van der Waals surface area contributed by atoms with Gasteiger partial charge in [-0.05, 0) is 42.5 Å². The fourth-order valence-electron chi connectivity index (χ4n) is 4.05. The van der Waals surface area contributed by atoms with Gasteiger partial charge in [-0.1, -0.05) is 36.4 Å². The van der Waals surface area contributed by atoms with Gasteiger partial charge in [0, 0.05) is 38.9 Å². The second-order valence-corrected chi connectivity index (χ2v) is 6.63. The van der Waals surface area contributed by atoms with Crippen LogP contribution in [-0.4, -0.2) is 14.5 Å². The molecular formula is C23H15N3. The van der Waals surface area contributed by atoms with Gasteiger partial charge in [0.1, 0.15) is 5.65 Å². The fourth-order valence-corrected chi connectivity index (χ4v) is 4.05. The molecule has 3 heteroatoms. The van der Waals surface area contributed by atoms with Crippen LogP contribution in [0.4, 0.5) is 0 Å². The van der Waals surface area contributed by atoms with Crippen molar-refractivity contribution in [3.63, 3.8) is 0 Å². The molecule has 0 unspecified atom stereocenters. The van der Waals surface area contributed by atoms with Crippen LogP contribution in [0.1, 0.15) is 0 Å². The van der Waals surface area contributed by atoms with E-state index in [2.05, 4.69) is 87.3 Å². The maximum Gasteiger partial charge on any atom is 0.138 e. The quantitative estimate of drug-likeness (QED) is 0.404. The molecule has 0 amide bonds. The summed E-state index contributed by atoms with van der Waals surface area (Å²) in [5, 5.41) is 4.89. The third-order valence-electron chi connectivity index (χ3n) is 5.18. The first-order chi connectivity index (χ1) is 12.9. The van der Waals surface area contributed by atoms with E-state index in [0.29, 0.717) is 0 Å². The largest absolute Gasteiger partial charge is 0.339 e. The molecule has 0 atom stereocenters. The second-order valence-electron chi connectivity index (χ2n) is 6.63. The number of pyridine rings is 1. The van der Waals surface area contributed by atoms with Gasteiger partial charge in [-0.3, -0.25) is 0 Å². The summed E-state index contributed by atoms with van der Waals surface area (Å²) in [7, 11) is 0. The molecule has 0 fully saturated rings. The van der Waals surface area contributed by atoms with Crippen LogP contribution < -0.4 is 0 Å². The van der Waals surface area contributed by atoms with E-state index in [1.54, 1.807) is 0 Å². The number of nitrogens with one attached hydrogen (secondary N) is 1. The van der Waals surface area contributed by atoms with E-state index in [9.17, 15) is 0 Å². The average Bonchev–Trinajstić information content (AvgIpc) is 3.22. The van der Waals surface area contributed by atoms with E-state index in [4.69, 9.17) is 0 Å². The van der Waals surface area contributed by atoms with Gasteiger partial charge in [0.25, 0.3) is 0 Å². The Bertz CT molecular complexity index is 1420. The molecule has 3 aromatic carbocycles. The summed E-state index contributed by atoms with van der Waals surface area (Å²) in [6.07, 6.45) is 1.83. The number of nitrogens with zero attached hydrogens (tertiary/aromatic N) is 2. The predicted octanol–water partition coefficient (Wildman–Crippen LogP) is 5.81. The summed E-state index contributed by atoms with van der Waals surface area (Å²) in [5.74, 6) is 0. The first-order valence-corrected chi connectivity index (χ1v) is 8.75. The molecule has 6 rings (SSSR count). The standard InChI is InChI=1S/C23H15N3/c1-2-7-15(8-3-1)26-21-11-5-4-9-16(21)19-13-20-18(14-22(19)26)17-10-6-12-24-23(17)25-20/h1-14H,(H,24,25). The molecule has 0 aliphatic rings. The highest BCUT2D eigenvalue weighted by Crippen LogP contribution is 2.36. The lowest BCUT2D eigenvalue weighted by Crippen LogP contribution is -1.92. The van der Waals surface area contributed by atoms with Gasteiger partial charge in [0.15, 0.2) is 0 Å². The molecule has 0 aliphatic heterocycles. The number of hydrogen-bond donors (Lipinski definition) is 1. The molecule has 3 aromatic heterocycles. The van der Waals surface area contributed by atoms with Crippen LogP contribution in [-0.2, 0) is 0 Å². The molecule has 0 spiro atoms. The van der Waals surface area contributed by atoms with Gasteiger partial charge >= 0.3 is 0 Å². The topological polar surface area (TPSA) is 33.6 Å². The fraction of sp³-hybridized carbons (Fsp3) is 0. The molecule has 0 aliphatic carbocycles.